The van der Waals surface area contributed by atoms with Gasteiger partial charge in [-0.15, -0.1) is 0 Å². The standard InChI is InChI=1S/C80H82N4O/c1-52(2)67-31-24-32-68(53(3)4)76(67)55-33-38-71-74(43-55)83(51-82(71)63-42-56(54-25-18-15-19-26-54)41-61(44-63)77(5,6)7)64-45-62(78(8,9)10)46-66(49-64)85-65-35-37-70-69-36-34-59(79(11,12)57-27-20-16-21-28-57)47-72(69)84(73(70)50-65)75-48-60(39-40-81-75)80(13,14)58-29-22-17-23-30-58/h15-50,52-53H,51H2,1-14H3. The highest BCUT2D eigenvalue weighted by molar-refractivity contribution is 6.10. The molecule has 0 saturated carbocycles. The third kappa shape index (κ3) is 10.7. The molecule has 3 heterocycles. The molecule has 0 N–H and O–H groups in total. The van der Waals surface area contributed by atoms with Gasteiger partial charge in [0.15, 0.2) is 0 Å². The second kappa shape index (κ2) is 21.8. The molecule has 0 amide bonds. The maximum Gasteiger partial charge on any atom is 0.137 e. The molecule has 2 aromatic heterocycles. The largest absolute Gasteiger partial charge is 0.457 e. The van der Waals surface area contributed by atoms with Crippen LogP contribution in [-0.4, -0.2) is 16.2 Å². The second-order valence-electron chi connectivity index (χ2n) is 27.4. The molecule has 5 nitrogen and oxygen atoms in total. The highest BCUT2D eigenvalue weighted by Crippen LogP contribution is 2.51. The van der Waals surface area contributed by atoms with Crippen LogP contribution in [0.3, 0.4) is 0 Å². The second-order valence-corrected chi connectivity index (χ2v) is 27.4. The summed E-state index contributed by atoms with van der Waals surface area (Å²) in [6.07, 6.45) is 1.97. The zero-order valence-corrected chi connectivity index (χ0v) is 52.3. The zero-order chi connectivity index (χ0) is 59.7. The fourth-order valence-corrected chi connectivity index (χ4v) is 12.8. The summed E-state index contributed by atoms with van der Waals surface area (Å²) in [5.74, 6) is 3.11. The van der Waals surface area contributed by atoms with Crippen LogP contribution in [0.25, 0.3) is 49.9 Å². The molecule has 0 unspecified atom stereocenters. The monoisotopic (exact) mass is 1110 g/mol. The van der Waals surface area contributed by atoms with Crippen molar-refractivity contribution < 1.29 is 4.74 Å². The Hall–Kier alpha value is -8.67. The molecule has 0 radical (unpaired) electrons. The van der Waals surface area contributed by atoms with Crippen molar-refractivity contribution in [2.75, 3.05) is 16.5 Å². The van der Waals surface area contributed by atoms with Crippen LogP contribution in [0.4, 0.5) is 22.7 Å². The number of benzene rings is 9. The smallest absolute Gasteiger partial charge is 0.137 e. The summed E-state index contributed by atoms with van der Waals surface area (Å²) < 4.78 is 9.66. The molecule has 0 aliphatic carbocycles. The molecule has 85 heavy (non-hydrogen) atoms. The molecular formula is C80H82N4O. The lowest BCUT2D eigenvalue weighted by atomic mass is 9.78. The minimum atomic E-state index is -0.270. The van der Waals surface area contributed by atoms with E-state index < -0.39 is 0 Å². The van der Waals surface area contributed by atoms with Gasteiger partial charge in [-0.05, 0) is 156 Å². The van der Waals surface area contributed by atoms with E-state index in [0.29, 0.717) is 18.5 Å². The lowest BCUT2D eigenvalue weighted by molar-refractivity contribution is 0.479. The molecule has 0 atom stereocenters. The van der Waals surface area contributed by atoms with Crippen molar-refractivity contribution in [1.29, 1.82) is 0 Å². The number of rotatable bonds is 13. The van der Waals surface area contributed by atoms with E-state index in [-0.39, 0.29) is 21.7 Å². The van der Waals surface area contributed by atoms with E-state index in [4.69, 9.17) is 9.72 Å². The first-order valence-corrected chi connectivity index (χ1v) is 30.6. The van der Waals surface area contributed by atoms with Gasteiger partial charge in [0.1, 0.15) is 24.0 Å². The molecule has 428 valence electrons. The van der Waals surface area contributed by atoms with Crippen molar-refractivity contribution in [3.8, 4) is 39.6 Å². The first-order valence-electron chi connectivity index (χ1n) is 30.6. The Balaban J connectivity index is 1.02. The van der Waals surface area contributed by atoms with E-state index in [2.05, 4.69) is 324 Å². The summed E-state index contributed by atoms with van der Waals surface area (Å²) in [4.78, 5) is 10.2. The third-order valence-corrected chi connectivity index (χ3v) is 18.2. The first-order chi connectivity index (χ1) is 40.5. The fraction of sp³-hybridized carbons (Fsp3) is 0.263. The maximum absolute atomic E-state index is 7.30. The van der Waals surface area contributed by atoms with Gasteiger partial charge in [-0.3, -0.25) is 4.57 Å². The number of anilines is 4. The van der Waals surface area contributed by atoms with E-state index in [1.807, 2.05) is 6.20 Å². The molecular weight excluding hydrogens is 1030 g/mol. The van der Waals surface area contributed by atoms with Gasteiger partial charge in [-0.25, -0.2) is 4.98 Å². The zero-order valence-electron chi connectivity index (χ0n) is 52.3. The Morgan fingerprint density at radius 3 is 1.53 bits per heavy atom. The average molecular weight is 1120 g/mol. The number of pyridine rings is 1. The Bertz CT molecular complexity index is 4240. The molecule has 0 fully saturated rings. The highest BCUT2D eigenvalue weighted by Gasteiger charge is 2.33. The highest BCUT2D eigenvalue weighted by atomic mass is 16.5. The van der Waals surface area contributed by atoms with Crippen molar-refractivity contribution >= 4 is 44.6 Å². The topological polar surface area (TPSA) is 33.5 Å². The minimum absolute atomic E-state index is 0.0772. The summed E-state index contributed by atoms with van der Waals surface area (Å²) in [5, 5.41) is 2.30. The summed E-state index contributed by atoms with van der Waals surface area (Å²) in [6.45, 7) is 33.0. The Kier molecular flexibility index (Phi) is 14.5. The summed E-state index contributed by atoms with van der Waals surface area (Å²) in [6, 6.07) is 78.7. The van der Waals surface area contributed by atoms with E-state index in [9.17, 15) is 0 Å². The SMILES string of the molecule is CC(C)c1cccc(C(C)C)c1-c1ccc2c(c1)N(c1cc(Oc3ccc4c5ccc(C(C)(C)c6ccccc6)cc5n(-c5cc(C(C)(C)c6ccccc6)ccn5)c4c3)cc(C(C)(C)C)c1)CN2c1cc(-c2ccccc2)cc(C(C)(C)C)c1. The number of aromatic nitrogens is 2. The quantitative estimate of drug-likeness (QED) is 0.115. The molecule has 12 rings (SSSR count). The average Bonchev–Trinajstić information content (AvgIpc) is 1.80. The van der Waals surface area contributed by atoms with Crippen molar-refractivity contribution in [2.45, 2.75) is 130 Å². The van der Waals surface area contributed by atoms with Crippen LogP contribution in [0, 0.1) is 0 Å². The van der Waals surface area contributed by atoms with Gasteiger partial charge < -0.3 is 14.5 Å². The van der Waals surface area contributed by atoms with Gasteiger partial charge in [0.05, 0.1) is 22.4 Å². The van der Waals surface area contributed by atoms with Crippen molar-refractivity contribution in [3.05, 3.63) is 263 Å². The minimum Gasteiger partial charge on any atom is -0.457 e. The maximum atomic E-state index is 7.30. The molecule has 11 aromatic rings. The molecule has 0 bridgehead atoms. The van der Waals surface area contributed by atoms with Gasteiger partial charge in [-0.1, -0.05) is 230 Å². The molecule has 1 aliphatic heterocycles. The van der Waals surface area contributed by atoms with Crippen molar-refractivity contribution in [1.82, 2.24) is 9.55 Å². The third-order valence-electron chi connectivity index (χ3n) is 18.2. The molecule has 0 saturated heterocycles. The molecule has 1 aliphatic rings. The van der Waals surface area contributed by atoms with Crippen LogP contribution in [-0.2, 0) is 21.7 Å². The van der Waals surface area contributed by atoms with Crippen molar-refractivity contribution in [2.24, 2.45) is 0 Å². The van der Waals surface area contributed by atoms with Gasteiger partial charge in [0.25, 0.3) is 0 Å². The number of nitrogens with zero attached hydrogens (tertiary/aromatic N) is 4. The van der Waals surface area contributed by atoms with Crippen LogP contribution in [0.15, 0.2) is 219 Å². The lowest BCUT2D eigenvalue weighted by Crippen LogP contribution is -2.25. The van der Waals surface area contributed by atoms with Gasteiger partial charge in [0, 0.05) is 51.3 Å². The number of fused-ring (bicyclic) bond motifs is 4. The van der Waals surface area contributed by atoms with Gasteiger partial charge in [-0.2, -0.15) is 0 Å². The number of ether oxygens (including phenoxy) is 1. The van der Waals surface area contributed by atoms with E-state index in [0.717, 1.165) is 50.5 Å². The molecule has 9 aromatic carbocycles. The predicted octanol–water partition coefficient (Wildman–Crippen LogP) is 22.0. The van der Waals surface area contributed by atoms with E-state index >= 15 is 0 Å². The predicted molar refractivity (Wildman–Crippen MR) is 361 cm³/mol. The normalized spacial score (nSPS) is 13.2. The fourth-order valence-electron chi connectivity index (χ4n) is 12.8. The van der Waals surface area contributed by atoms with Crippen LogP contribution in [0.2, 0.25) is 0 Å². The molecule has 5 heteroatoms. The number of hydrogen-bond acceptors (Lipinski definition) is 4. The van der Waals surface area contributed by atoms with Gasteiger partial charge >= 0.3 is 0 Å². The van der Waals surface area contributed by atoms with E-state index in [1.54, 1.807) is 0 Å². The first kappa shape index (κ1) is 56.8. The van der Waals surface area contributed by atoms with Crippen LogP contribution in [0.5, 0.6) is 11.5 Å². The Morgan fingerprint density at radius 1 is 0.388 bits per heavy atom. The van der Waals surface area contributed by atoms with Crippen LogP contribution < -0.4 is 14.5 Å². The van der Waals surface area contributed by atoms with Crippen LogP contribution >= 0.6 is 0 Å². The van der Waals surface area contributed by atoms with E-state index in [1.165, 1.54) is 78.1 Å². The lowest BCUT2D eigenvalue weighted by Gasteiger charge is -2.27. The number of hydrogen-bond donors (Lipinski definition) is 0. The molecule has 0 spiro atoms. The Labute approximate surface area is 505 Å². The summed E-state index contributed by atoms with van der Waals surface area (Å²) in [5.41, 5.74) is 21.1. The summed E-state index contributed by atoms with van der Waals surface area (Å²) >= 11 is 0. The van der Waals surface area contributed by atoms with Crippen molar-refractivity contribution in [3.63, 3.8) is 0 Å². The van der Waals surface area contributed by atoms with Gasteiger partial charge in [0.2, 0.25) is 0 Å². The van der Waals surface area contributed by atoms with Crippen LogP contribution in [0.1, 0.15) is 153 Å². The summed E-state index contributed by atoms with van der Waals surface area (Å²) in [7, 11) is 0. The Morgan fingerprint density at radius 2 is 0.929 bits per heavy atom.